The van der Waals surface area contributed by atoms with Crippen LogP contribution in [0, 0.1) is 0 Å². The lowest BCUT2D eigenvalue weighted by Gasteiger charge is -2.39. The minimum atomic E-state index is -4.39. The molecule has 2 atom stereocenters. The number of aliphatic hydroxyl groups is 2. The van der Waals surface area contributed by atoms with Crippen LogP contribution >= 0.6 is 0 Å². The van der Waals surface area contributed by atoms with Gasteiger partial charge in [0.2, 0.25) is 0 Å². The number of fused-ring (bicyclic) bond motifs is 1. The number of amides is 1. The zero-order chi connectivity index (χ0) is 27.1. The molecular formula is C27H31F3N2O6. The van der Waals surface area contributed by atoms with Crippen LogP contribution in [0.2, 0.25) is 0 Å². The number of aromatic hydroxyl groups is 1. The minimum Gasteiger partial charge on any atom is -0.508 e. The van der Waals surface area contributed by atoms with Crippen molar-refractivity contribution < 1.29 is 42.8 Å². The van der Waals surface area contributed by atoms with Gasteiger partial charge in [0.25, 0.3) is 5.91 Å². The van der Waals surface area contributed by atoms with Crippen LogP contribution in [0.25, 0.3) is 0 Å². The lowest BCUT2D eigenvalue weighted by molar-refractivity contribution is -0.137. The molecule has 0 aliphatic carbocycles. The van der Waals surface area contributed by atoms with Crippen molar-refractivity contribution in [2.75, 3.05) is 39.3 Å². The zero-order valence-electron chi connectivity index (χ0n) is 20.8. The molecule has 3 N–H and O–H groups in total. The molecule has 3 aliphatic heterocycles. The highest BCUT2D eigenvalue weighted by atomic mass is 19.4. The van der Waals surface area contributed by atoms with Gasteiger partial charge in [-0.3, -0.25) is 4.79 Å². The largest absolute Gasteiger partial charge is 0.508 e. The topological polar surface area (TPSA) is 103 Å². The van der Waals surface area contributed by atoms with Gasteiger partial charge in [0.15, 0.2) is 0 Å². The summed E-state index contributed by atoms with van der Waals surface area (Å²) in [6, 6.07) is 7.79. The molecule has 2 fully saturated rings. The van der Waals surface area contributed by atoms with E-state index in [1.165, 1.54) is 35.2 Å². The number of carbonyl (C=O) groups excluding carboxylic acids is 1. The molecule has 2 aromatic carbocycles. The van der Waals surface area contributed by atoms with Gasteiger partial charge in [-0.15, -0.1) is 0 Å². The van der Waals surface area contributed by atoms with Crippen LogP contribution in [0.5, 0.6) is 17.2 Å². The van der Waals surface area contributed by atoms with Crippen molar-refractivity contribution in [1.82, 2.24) is 9.80 Å². The number of phenols is 1. The summed E-state index contributed by atoms with van der Waals surface area (Å²) in [5.74, 6) is 0.268. The summed E-state index contributed by atoms with van der Waals surface area (Å²) in [5, 5.41) is 30.3. The van der Waals surface area contributed by atoms with Gasteiger partial charge in [-0.1, -0.05) is 0 Å². The van der Waals surface area contributed by atoms with Gasteiger partial charge >= 0.3 is 6.18 Å². The van der Waals surface area contributed by atoms with E-state index in [2.05, 4.69) is 0 Å². The Hall–Kier alpha value is -3.02. The van der Waals surface area contributed by atoms with Gasteiger partial charge < -0.3 is 34.6 Å². The van der Waals surface area contributed by atoms with Crippen molar-refractivity contribution >= 4 is 5.91 Å². The monoisotopic (exact) mass is 536 g/mol. The first kappa shape index (κ1) is 26.6. The van der Waals surface area contributed by atoms with Gasteiger partial charge in [-0.25, -0.2) is 0 Å². The number of rotatable bonds is 6. The summed E-state index contributed by atoms with van der Waals surface area (Å²) >= 11 is 0. The van der Waals surface area contributed by atoms with E-state index in [-0.39, 0.29) is 36.1 Å². The normalized spacial score (nSPS) is 21.8. The number of halogens is 3. The second-order valence-corrected chi connectivity index (χ2v) is 10.4. The Morgan fingerprint density at radius 2 is 1.92 bits per heavy atom. The maximum atomic E-state index is 13.1. The highest BCUT2D eigenvalue weighted by molar-refractivity contribution is 5.97. The van der Waals surface area contributed by atoms with E-state index in [1.807, 2.05) is 4.90 Å². The fourth-order valence-corrected chi connectivity index (χ4v) is 5.47. The molecule has 38 heavy (non-hydrogen) atoms. The number of ether oxygens (including phenoxy) is 2. The van der Waals surface area contributed by atoms with Gasteiger partial charge in [0.1, 0.15) is 35.6 Å². The van der Waals surface area contributed by atoms with E-state index in [0.717, 1.165) is 6.07 Å². The Bertz CT molecular complexity index is 1180. The Morgan fingerprint density at radius 3 is 2.61 bits per heavy atom. The Labute approximate surface area is 218 Å². The minimum absolute atomic E-state index is 0.0752. The van der Waals surface area contributed by atoms with Crippen molar-refractivity contribution in [3.05, 3.63) is 53.1 Å². The van der Waals surface area contributed by atoms with Crippen LogP contribution in [-0.2, 0) is 12.6 Å². The Kier molecular flexibility index (Phi) is 7.19. The third kappa shape index (κ3) is 5.69. The molecule has 3 heterocycles. The van der Waals surface area contributed by atoms with Gasteiger partial charge in [0, 0.05) is 58.1 Å². The summed E-state index contributed by atoms with van der Waals surface area (Å²) in [5.41, 5.74) is -0.394. The van der Waals surface area contributed by atoms with Crippen LogP contribution in [0.1, 0.15) is 40.7 Å². The fraction of sp³-hybridized carbons (Fsp3) is 0.519. The maximum absolute atomic E-state index is 13.1. The van der Waals surface area contributed by atoms with E-state index < -0.39 is 29.5 Å². The quantitative estimate of drug-likeness (QED) is 0.522. The molecule has 1 amide bonds. The number of nitrogens with zero attached hydrogens (tertiary/aromatic N) is 2. The number of likely N-dealkylation sites (tertiary alicyclic amines) is 2. The van der Waals surface area contributed by atoms with Gasteiger partial charge in [-0.05, 0) is 42.3 Å². The molecule has 0 unspecified atom stereocenters. The number of aliphatic hydroxyl groups excluding tert-OH is 2. The summed E-state index contributed by atoms with van der Waals surface area (Å²) < 4.78 is 51.1. The number of phenolic OH excluding ortho intramolecular Hbond substituents is 1. The summed E-state index contributed by atoms with van der Waals surface area (Å²) in [4.78, 5) is 16.4. The molecule has 0 saturated carbocycles. The van der Waals surface area contributed by atoms with Crippen LogP contribution in [-0.4, -0.2) is 88.2 Å². The molecule has 206 valence electrons. The fourth-order valence-electron chi connectivity index (χ4n) is 5.47. The predicted octanol–water partition coefficient (Wildman–Crippen LogP) is 2.83. The van der Waals surface area contributed by atoms with E-state index in [9.17, 15) is 33.3 Å². The number of hydrogen-bond donors (Lipinski definition) is 3. The first-order valence-electron chi connectivity index (χ1n) is 12.7. The van der Waals surface area contributed by atoms with E-state index in [4.69, 9.17) is 9.47 Å². The molecule has 0 bridgehead atoms. The summed E-state index contributed by atoms with van der Waals surface area (Å²) in [7, 11) is 0. The molecule has 8 nitrogen and oxygen atoms in total. The maximum Gasteiger partial charge on any atom is 0.416 e. The number of alkyl halides is 3. The number of β-amino-alcohol motifs (C(OH)–C–C–N with tert-alkyl or cyclic N) is 2. The molecule has 0 aromatic heterocycles. The average Bonchev–Trinajstić information content (AvgIpc) is 3.46. The first-order chi connectivity index (χ1) is 18.0. The van der Waals surface area contributed by atoms with Crippen LogP contribution in [0.4, 0.5) is 13.2 Å². The standard InChI is InChI=1S/C27H31F3N2O6/c28-27(29,30)18-1-4-23-17(11-18)13-26(38-23)6-9-31(10-7-26)14-21(35)16-37-24-12-19(33)2-3-22(24)25(36)32-8-5-20(34)15-32/h1-4,11-12,20-21,33-35H,5-10,13-16H2/t20-,21-/m0/s1. The number of piperidine rings is 1. The molecule has 2 saturated heterocycles. The van der Waals surface area contributed by atoms with Gasteiger partial charge in [-0.2, -0.15) is 13.2 Å². The van der Waals surface area contributed by atoms with Crippen molar-refractivity contribution in [1.29, 1.82) is 0 Å². The third-order valence-electron chi connectivity index (χ3n) is 7.54. The third-order valence-corrected chi connectivity index (χ3v) is 7.54. The molecule has 5 rings (SSSR count). The lowest BCUT2D eigenvalue weighted by Crippen LogP contribution is -2.49. The van der Waals surface area contributed by atoms with Crippen molar-refractivity contribution in [3.63, 3.8) is 0 Å². The SMILES string of the molecule is O=C(c1ccc(O)cc1OC[C@@H](O)CN1CCC2(CC1)Cc1cc(C(F)(F)F)ccc1O2)N1CC[C@H](O)C1. The van der Waals surface area contributed by atoms with Crippen molar-refractivity contribution in [2.45, 2.75) is 49.7 Å². The molecular weight excluding hydrogens is 505 g/mol. The molecule has 1 spiro atoms. The number of carbonyl (C=O) groups is 1. The molecule has 3 aliphatic rings. The Morgan fingerprint density at radius 1 is 1.16 bits per heavy atom. The number of benzene rings is 2. The van der Waals surface area contributed by atoms with E-state index in [0.29, 0.717) is 63.2 Å². The van der Waals surface area contributed by atoms with Crippen LogP contribution in [0.3, 0.4) is 0 Å². The number of hydrogen-bond acceptors (Lipinski definition) is 7. The Balaban J connectivity index is 1.13. The highest BCUT2D eigenvalue weighted by Gasteiger charge is 2.43. The van der Waals surface area contributed by atoms with Crippen LogP contribution in [0.15, 0.2) is 36.4 Å². The summed E-state index contributed by atoms with van der Waals surface area (Å²) in [6.07, 6.45) is -3.68. The zero-order valence-corrected chi connectivity index (χ0v) is 20.8. The predicted molar refractivity (Wildman–Crippen MR) is 130 cm³/mol. The average molecular weight is 537 g/mol. The molecule has 2 aromatic rings. The van der Waals surface area contributed by atoms with Gasteiger partial charge in [0.05, 0.1) is 17.2 Å². The molecule has 0 radical (unpaired) electrons. The second-order valence-electron chi connectivity index (χ2n) is 10.4. The highest BCUT2D eigenvalue weighted by Crippen LogP contribution is 2.43. The molecule has 11 heteroatoms. The van der Waals surface area contributed by atoms with E-state index >= 15 is 0 Å². The van der Waals surface area contributed by atoms with Crippen LogP contribution < -0.4 is 9.47 Å². The van der Waals surface area contributed by atoms with Crippen molar-refractivity contribution in [2.24, 2.45) is 0 Å². The summed E-state index contributed by atoms with van der Waals surface area (Å²) in [6.45, 7) is 2.07. The smallest absolute Gasteiger partial charge is 0.416 e. The lowest BCUT2D eigenvalue weighted by atomic mass is 9.86. The second kappa shape index (κ2) is 10.3. The first-order valence-corrected chi connectivity index (χ1v) is 12.7. The van der Waals surface area contributed by atoms with Crippen molar-refractivity contribution in [3.8, 4) is 17.2 Å². The van der Waals surface area contributed by atoms with E-state index in [1.54, 1.807) is 0 Å².